The molecule has 37 heavy (non-hydrogen) atoms. The predicted octanol–water partition coefficient (Wildman–Crippen LogP) is 8.34. The molecule has 2 aromatic heterocycles. The van der Waals surface area contributed by atoms with E-state index < -0.39 is 0 Å². The van der Waals surface area contributed by atoms with E-state index in [0.29, 0.717) is 0 Å². The Bertz CT molecular complexity index is 1450. The number of allylic oxidation sites excluding steroid dienone is 2. The highest BCUT2D eigenvalue weighted by molar-refractivity contribution is 7.13. The normalized spacial score (nSPS) is 12.5. The van der Waals surface area contributed by atoms with Gasteiger partial charge in [-0.15, -0.1) is 22.7 Å². The highest BCUT2D eigenvalue weighted by Crippen LogP contribution is 2.44. The number of aryl methyl sites for hydroxylation is 2. The first kappa shape index (κ1) is 25.0. The average Bonchev–Trinajstić information content (AvgIpc) is 3.64. The maximum atomic E-state index is 5.24. The van der Waals surface area contributed by atoms with Crippen LogP contribution in [0.15, 0.2) is 60.7 Å². The van der Waals surface area contributed by atoms with E-state index >= 15 is 0 Å². The van der Waals surface area contributed by atoms with Crippen molar-refractivity contribution in [2.24, 2.45) is 0 Å². The molecule has 184 valence electrons. The Labute approximate surface area is 227 Å². The van der Waals surface area contributed by atoms with Gasteiger partial charge in [0.25, 0.3) is 0 Å². The first-order chi connectivity index (χ1) is 18.0. The lowest BCUT2D eigenvalue weighted by Crippen LogP contribution is -1.86. The number of ether oxygens (including phenoxy) is 2. The van der Waals surface area contributed by atoms with Gasteiger partial charge >= 0.3 is 0 Å². The molecule has 0 aliphatic heterocycles. The number of hydrogen-bond acceptors (Lipinski definition) is 4. The first-order valence-corrected chi connectivity index (χ1v) is 13.9. The quantitative estimate of drug-likeness (QED) is 0.252. The summed E-state index contributed by atoms with van der Waals surface area (Å²) in [4.78, 5) is 4.88. The van der Waals surface area contributed by atoms with Gasteiger partial charge in [-0.05, 0) is 116 Å². The third-order valence-electron chi connectivity index (χ3n) is 6.54. The molecule has 0 saturated heterocycles. The van der Waals surface area contributed by atoms with Crippen molar-refractivity contribution < 1.29 is 9.47 Å². The molecule has 5 rings (SSSR count). The summed E-state index contributed by atoms with van der Waals surface area (Å²) in [5.74, 6) is 15.0. The van der Waals surface area contributed by atoms with Crippen molar-refractivity contribution in [2.75, 3.05) is 14.2 Å². The summed E-state index contributed by atoms with van der Waals surface area (Å²) in [6.07, 6.45) is 3.41. The standard InChI is InChI=1S/C33H28O2S2/c1-22-32(20-28(36-22)18-12-24-8-14-26(34-3)15-9-24)30-6-5-7-31(30)33-21-29(37-23(33)2)19-13-25-10-16-27(35-4)17-11-25/h8-11,14-17,20-21H,5-7H2,1-4H3. The molecule has 0 radical (unpaired) electrons. The fourth-order valence-corrected chi connectivity index (χ4v) is 6.44. The van der Waals surface area contributed by atoms with Crippen LogP contribution in [0.2, 0.25) is 0 Å². The van der Waals surface area contributed by atoms with Crippen LogP contribution >= 0.6 is 22.7 Å². The van der Waals surface area contributed by atoms with E-state index in [4.69, 9.17) is 9.47 Å². The van der Waals surface area contributed by atoms with Gasteiger partial charge in [0.15, 0.2) is 0 Å². The largest absolute Gasteiger partial charge is 0.497 e. The first-order valence-electron chi connectivity index (χ1n) is 12.3. The van der Waals surface area contributed by atoms with Crippen molar-refractivity contribution in [1.29, 1.82) is 0 Å². The molecule has 4 aromatic rings. The van der Waals surface area contributed by atoms with E-state index in [1.54, 1.807) is 36.9 Å². The second kappa shape index (κ2) is 11.1. The molecule has 0 spiro atoms. The molecule has 0 N–H and O–H groups in total. The monoisotopic (exact) mass is 520 g/mol. The zero-order valence-electron chi connectivity index (χ0n) is 21.5. The highest BCUT2D eigenvalue weighted by atomic mass is 32.1. The zero-order valence-corrected chi connectivity index (χ0v) is 23.2. The number of rotatable bonds is 4. The zero-order chi connectivity index (χ0) is 25.8. The van der Waals surface area contributed by atoms with E-state index in [0.717, 1.165) is 45.2 Å². The van der Waals surface area contributed by atoms with Gasteiger partial charge < -0.3 is 9.47 Å². The Hall–Kier alpha value is -3.70. The van der Waals surface area contributed by atoms with E-state index in [1.807, 2.05) is 48.5 Å². The maximum absolute atomic E-state index is 5.24. The molecule has 0 fully saturated rings. The summed E-state index contributed by atoms with van der Waals surface area (Å²) < 4.78 is 10.5. The van der Waals surface area contributed by atoms with Gasteiger partial charge in [-0.1, -0.05) is 23.7 Å². The van der Waals surface area contributed by atoms with Gasteiger partial charge in [-0.3, -0.25) is 0 Å². The predicted molar refractivity (Wildman–Crippen MR) is 157 cm³/mol. The van der Waals surface area contributed by atoms with Crippen molar-refractivity contribution in [3.05, 3.63) is 102 Å². The van der Waals surface area contributed by atoms with Crippen LogP contribution in [0.1, 0.15) is 61.0 Å². The van der Waals surface area contributed by atoms with E-state index in [-0.39, 0.29) is 0 Å². The molecule has 2 nitrogen and oxygen atoms in total. The van der Waals surface area contributed by atoms with Gasteiger partial charge in [-0.2, -0.15) is 0 Å². The molecule has 2 aromatic carbocycles. The van der Waals surface area contributed by atoms with E-state index in [1.165, 1.54) is 38.4 Å². The van der Waals surface area contributed by atoms with Crippen LogP contribution in [-0.4, -0.2) is 14.2 Å². The molecular formula is C33H28O2S2. The summed E-state index contributed by atoms with van der Waals surface area (Å²) in [5, 5.41) is 0. The minimum atomic E-state index is 0.846. The smallest absolute Gasteiger partial charge is 0.118 e. The Morgan fingerprint density at radius 1 is 0.595 bits per heavy atom. The van der Waals surface area contributed by atoms with Crippen molar-refractivity contribution in [3.8, 4) is 35.2 Å². The van der Waals surface area contributed by atoms with E-state index in [9.17, 15) is 0 Å². The Morgan fingerprint density at radius 3 is 1.38 bits per heavy atom. The number of methoxy groups -OCH3 is 2. The molecule has 0 saturated carbocycles. The average molecular weight is 521 g/mol. The van der Waals surface area contributed by atoms with Crippen LogP contribution in [-0.2, 0) is 0 Å². The summed E-state index contributed by atoms with van der Waals surface area (Å²) in [6.45, 7) is 4.43. The van der Waals surface area contributed by atoms with Crippen LogP contribution in [0.3, 0.4) is 0 Å². The molecule has 2 heterocycles. The van der Waals surface area contributed by atoms with E-state index in [2.05, 4.69) is 49.7 Å². The molecular weight excluding hydrogens is 492 g/mol. The fourth-order valence-electron chi connectivity index (χ4n) is 4.64. The van der Waals surface area contributed by atoms with Crippen LogP contribution in [0, 0.1) is 37.5 Å². The van der Waals surface area contributed by atoms with Gasteiger partial charge in [0.2, 0.25) is 0 Å². The van der Waals surface area contributed by atoms with Gasteiger partial charge in [0.05, 0.1) is 24.0 Å². The topological polar surface area (TPSA) is 18.5 Å². The van der Waals surface area contributed by atoms with Crippen LogP contribution < -0.4 is 9.47 Å². The Kier molecular flexibility index (Phi) is 7.52. The van der Waals surface area contributed by atoms with Gasteiger partial charge in [0.1, 0.15) is 11.5 Å². The van der Waals surface area contributed by atoms with Gasteiger partial charge in [0, 0.05) is 20.9 Å². The molecule has 0 bridgehead atoms. The summed E-state index contributed by atoms with van der Waals surface area (Å²) in [5.41, 5.74) is 7.64. The molecule has 4 heteroatoms. The molecule has 0 unspecified atom stereocenters. The fraction of sp³-hybridized carbons (Fsp3) is 0.212. The second-order valence-corrected chi connectivity index (χ2v) is 11.4. The SMILES string of the molecule is COc1ccc(C#Cc2cc(C3=C(c4cc(C#Cc5ccc(OC)cc5)sc4C)CCC3)c(C)s2)cc1. The molecule has 1 aliphatic rings. The van der Waals surface area contributed by atoms with Crippen LogP contribution in [0.5, 0.6) is 11.5 Å². The van der Waals surface area contributed by atoms with Crippen LogP contribution in [0.25, 0.3) is 11.1 Å². The van der Waals surface area contributed by atoms with Gasteiger partial charge in [-0.25, -0.2) is 0 Å². The Morgan fingerprint density at radius 2 is 1.00 bits per heavy atom. The molecule has 0 amide bonds. The minimum Gasteiger partial charge on any atom is -0.497 e. The third kappa shape index (κ3) is 5.67. The lowest BCUT2D eigenvalue weighted by Gasteiger charge is -2.07. The third-order valence-corrected chi connectivity index (χ3v) is 8.48. The summed E-state index contributed by atoms with van der Waals surface area (Å²) >= 11 is 3.56. The lowest BCUT2D eigenvalue weighted by atomic mass is 9.97. The number of hydrogen-bond donors (Lipinski definition) is 0. The lowest BCUT2D eigenvalue weighted by molar-refractivity contribution is 0.414. The number of thiophene rings is 2. The van der Waals surface area contributed by atoms with Crippen molar-refractivity contribution >= 4 is 33.8 Å². The minimum absolute atomic E-state index is 0.846. The van der Waals surface area contributed by atoms with Crippen molar-refractivity contribution in [3.63, 3.8) is 0 Å². The molecule has 0 atom stereocenters. The highest BCUT2D eigenvalue weighted by Gasteiger charge is 2.22. The number of benzene rings is 2. The van der Waals surface area contributed by atoms with Crippen molar-refractivity contribution in [2.45, 2.75) is 33.1 Å². The van der Waals surface area contributed by atoms with Crippen molar-refractivity contribution in [1.82, 2.24) is 0 Å². The van der Waals surface area contributed by atoms with Crippen LogP contribution in [0.4, 0.5) is 0 Å². The molecule has 1 aliphatic carbocycles. The summed E-state index contributed by atoms with van der Waals surface area (Å²) in [7, 11) is 3.36. The Balaban J connectivity index is 1.41. The maximum Gasteiger partial charge on any atom is 0.118 e. The summed E-state index contributed by atoms with van der Waals surface area (Å²) in [6, 6.07) is 20.4. The second-order valence-electron chi connectivity index (χ2n) is 8.93.